The quantitative estimate of drug-likeness (QED) is 0.577. The van der Waals surface area contributed by atoms with Crippen LogP contribution in [0.3, 0.4) is 0 Å². The average Bonchev–Trinajstić information content (AvgIpc) is 2.83. The number of rotatable bonds is 6. The van der Waals surface area contributed by atoms with Gasteiger partial charge in [0.25, 0.3) is 5.91 Å². The molecule has 0 saturated carbocycles. The monoisotopic (exact) mass is 447 g/mol. The summed E-state index contributed by atoms with van der Waals surface area (Å²) in [4.78, 5) is 40.2. The molecule has 0 radical (unpaired) electrons. The van der Waals surface area contributed by atoms with E-state index in [9.17, 15) is 9.59 Å². The molecule has 1 aliphatic rings. The Morgan fingerprint density at radius 2 is 1.91 bits per heavy atom. The summed E-state index contributed by atoms with van der Waals surface area (Å²) in [5.74, 6) is -0.0538. The number of hydrogen-bond acceptors (Lipinski definition) is 6. The molecule has 8 heteroatoms. The van der Waals surface area contributed by atoms with E-state index in [1.54, 1.807) is 31.3 Å². The molecule has 2 amide bonds. The van der Waals surface area contributed by atoms with Gasteiger partial charge in [-0.3, -0.25) is 19.5 Å². The van der Waals surface area contributed by atoms with Crippen molar-refractivity contribution in [2.75, 3.05) is 47.4 Å². The molecular weight excluding hydrogens is 418 g/mol. The normalized spacial score (nSPS) is 16.2. The fourth-order valence-corrected chi connectivity index (χ4v) is 3.99. The second-order valence-corrected chi connectivity index (χ2v) is 8.50. The van der Waals surface area contributed by atoms with Crippen molar-refractivity contribution in [1.29, 1.82) is 0 Å². The number of carbonyl (C=O) groups is 2. The van der Waals surface area contributed by atoms with Crippen molar-refractivity contribution in [3.63, 3.8) is 0 Å². The molecule has 3 heterocycles. The van der Waals surface area contributed by atoms with E-state index >= 15 is 0 Å². The second kappa shape index (κ2) is 10.1. The first-order valence-corrected chi connectivity index (χ1v) is 11.0. The van der Waals surface area contributed by atoms with Crippen LogP contribution < -0.4 is 0 Å². The predicted octanol–water partition coefficient (Wildman–Crippen LogP) is 2.36. The lowest BCUT2D eigenvalue weighted by molar-refractivity contribution is -0.140. The molecular formula is C25H29N5O3. The van der Waals surface area contributed by atoms with Crippen molar-refractivity contribution in [3.8, 4) is 0 Å². The Hall–Kier alpha value is -3.36. The third-order valence-electron chi connectivity index (χ3n) is 5.68. The molecule has 4 rings (SSSR count). The molecule has 0 unspecified atom stereocenters. The van der Waals surface area contributed by atoms with E-state index in [4.69, 9.17) is 9.72 Å². The predicted molar refractivity (Wildman–Crippen MR) is 126 cm³/mol. The van der Waals surface area contributed by atoms with E-state index in [1.165, 1.54) is 0 Å². The van der Waals surface area contributed by atoms with Gasteiger partial charge in [-0.1, -0.05) is 24.3 Å². The van der Waals surface area contributed by atoms with Crippen molar-refractivity contribution in [2.24, 2.45) is 0 Å². The van der Waals surface area contributed by atoms with Gasteiger partial charge in [0.15, 0.2) is 0 Å². The van der Waals surface area contributed by atoms with Crippen molar-refractivity contribution < 1.29 is 14.3 Å². The summed E-state index contributed by atoms with van der Waals surface area (Å²) in [5.41, 5.74) is 2.91. The molecule has 1 saturated heterocycles. The number of para-hydroxylation sites is 1. The fourth-order valence-electron chi connectivity index (χ4n) is 3.99. The van der Waals surface area contributed by atoms with Crippen molar-refractivity contribution in [2.45, 2.75) is 12.6 Å². The maximum absolute atomic E-state index is 13.0. The highest BCUT2D eigenvalue weighted by Crippen LogP contribution is 2.26. The van der Waals surface area contributed by atoms with Crippen LogP contribution in [0.5, 0.6) is 0 Å². The SMILES string of the molecule is CN(CC(=O)N1CCO[C@H](c2cc(C(=O)N(C)C)c3ccccc3n2)C1)Cc1ccccn1. The number of fused-ring (bicyclic) bond motifs is 1. The van der Waals surface area contributed by atoms with Gasteiger partial charge in [-0.2, -0.15) is 0 Å². The zero-order valence-electron chi connectivity index (χ0n) is 19.3. The summed E-state index contributed by atoms with van der Waals surface area (Å²) in [7, 11) is 5.38. The number of pyridine rings is 2. The number of morpholine rings is 1. The maximum atomic E-state index is 13.0. The second-order valence-electron chi connectivity index (χ2n) is 8.50. The smallest absolute Gasteiger partial charge is 0.254 e. The van der Waals surface area contributed by atoms with Crippen LogP contribution in [0, 0.1) is 0 Å². The molecule has 172 valence electrons. The summed E-state index contributed by atoms with van der Waals surface area (Å²) >= 11 is 0. The van der Waals surface area contributed by atoms with Crippen LogP contribution in [0.25, 0.3) is 10.9 Å². The molecule has 8 nitrogen and oxygen atoms in total. The van der Waals surface area contributed by atoms with Crippen molar-refractivity contribution in [1.82, 2.24) is 24.7 Å². The molecule has 0 aliphatic carbocycles. The molecule has 1 fully saturated rings. The highest BCUT2D eigenvalue weighted by atomic mass is 16.5. The first-order chi connectivity index (χ1) is 15.9. The van der Waals surface area contributed by atoms with E-state index in [2.05, 4.69) is 4.98 Å². The number of hydrogen-bond donors (Lipinski definition) is 0. The molecule has 3 aromatic rings. The lowest BCUT2D eigenvalue weighted by Gasteiger charge is -2.34. The number of amides is 2. The van der Waals surface area contributed by atoms with Gasteiger partial charge in [-0.25, -0.2) is 4.98 Å². The third kappa shape index (κ3) is 5.35. The highest BCUT2D eigenvalue weighted by molar-refractivity contribution is 6.06. The minimum atomic E-state index is -0.387. The Balaban J connectivity index is 1.50. The van der Waals surface area contributed by atoms with Crippen LogP contribution in [0.1, 0.15) is 27.8 Å². The molecule has 0 N–H and O–H groups in total. The fraction of sp³-hybridized carbons (Fsp3) is 0.360. The van der Waals surface area contributed by atoms with E-state index in [0.717, 1.165) is 16.6 Å². The summed E-state index contributed by atoms with van der Waals surface area (Å²) in [5, 5.41) is 0.805. The zero-order valence-corrected chi connectivity index (χ0v) is 19.3. The minimum absolute atomic E-state index is 0.0344. The minimum Gasteiger partial charge on any atom is -0.368 e. The lowest BCUT2D eigenvalue weighted by atomic mass is 10.0. The Morgan fingerprint density at radius 3 is 2.67 bits per heavy atom. The summed E-state index contributed by atoms with van der Waals surface area (Å²) in [6.07, 6.45) is 1.37. The van der Waals surface area contributed by atoms with Crippen molar-refractivity contribution >= 4 is 22.7 Å². The first kappa shape index (κ1) is 22.8. The Bertz CT molecular complexity index is 1140. The van der Waals surface area contributed by atoms with Crippen LogP contribution in [-0.2, 0) is 16.1 Å². The number of aromatic nitrogens is 2. The van der Waals surface area contributed by atoms with Gasteiger partial charge in [0.1, 0.15) is 6.10 Å². The molecule has 33 heavy (non-hydrogen) atoms. The van der Waals surface area contributed by atoms with Crippen LogP contribution >= 0.6 is 0 Å². The van der Waals surface area contributed by atoms with Crippen LogP contribution in [0.2, 0.25) is 0 Å². The molecule has 0 bridgehead atoms. The standard InChI is InChI=1S/C25H29N5O3/c1-28(2)25(32)20-14-22(27-21-10-5-4-9-19(20)21)23-16-30(12-13-33-23)24(31)17-29(3)15-18-8-6-7-11-26-18/h4-11,14,23H,12-13,15-17H2,1-3H3/t23-/m0/s1. The highest BCUT2D eigenvalue weighted by Gasteiger charge is 2.28. The van der Waals surface area contributed by atoms with Gasteiger partial charge in [0.2, 0.25) is 5.91 Å². The number of likely N-dealkylation sites (N-methyl/N-ethyl adjacent to an activating group) is 1. The number of carbonyl (C=O) groups excluding carboxylic acids is 2. The topological polar surface area (TPSA) is 78.9 Å². The van der Waals surface area contributed by atoms with E-state index in [-0.39, 0.29) is 17.9 Å². The van der Waals surface area contributed by atoms with Gasteiger partial charge in [0.05, 0.1) is 42.2 Å². The van der Waals surface area contributed by atoms with Crippen molar-refractivity contribution in [3.05, 3.63) is 71.7 Å². The van der Waals surface area contributed by atoms with E-state index < -0.39 is 0 Å². The average molecular weight is 448 g/mol. The molecule has 2 aromatic heterocycles. The third-order valence-corrected chi connectivity index (χ3v) is 5.68. The number of nitrogens with zero attached hydrogens (tertiary/aromatic N) is 5. The van der Waals surface area contributed by atoms with E-state index in [0.29, 0.717) is 44.0 Å². The Labute approximate surface area is 193 Å². The van der Waals surface area contributed by atoms with Crippen LogP contribution in [0.4, 0.5) is 0 Å². The molecule has 1 aromatic carbocycles. The van der Waals surface area contributed by atoms with E-state index in [1.807, 2.05) is 59.3 Å². The van der Waals surface area contributed by atoms with Gasteiger partial charge >= 0.3 is 0 Å². The van der Waals surface area contributed by atoms with Gasteiger partial charge in [-0.05, 0) is 31.3 Å². The summed E-state index contributed by atoms with van der Waals surface area (Å²) < 4.78 is 5.98. The Morgan fingerprint density at radius 1 is 1.12 bits per heavy atom. The molecule has 1 atom stereocenters. The summed E-state index contributed by atoms with van der Waals surface area (Å²) in [6, 6.07) is 15.2. The maximum Gasteiger partial charge on any atom is 0.254 e. The Kier molecular flexibility index (Phi) is 6.96. The number of benzene rings is 1. The summed E-state index contributed by atoms with van der Waals surface area (Å²) in [6.45, 7) is 2.24. The van der Waals surface area contributed by atoms with Gasteiger partial charge in [0, 0.05) is 38.8 Å². The van der Waals surface area contributed by atoms with Gasteiger partial charge in [-0.15, -0.1) is 0 Å². The van der Waals surface area contributed by atoms with Crippen LogP contribution in [-0.4, -0.2) is 83.9 Å². The number of ether oxygens (including phenoxy) is 1. The van der Waals surface area contributed by atoms with Crippen LogP contribution in [0.15, 0.2) is 54.7 Å². The molecule has 0 spiro atoms. The largest absolute Gasteiger partial charge is 0.368 e. The zero-order chi connectivity index (χ0) is 23.4. The first-order valence-electron chi connectivity index (χ1n) is 11.0. The lowest BCUT2D eigenvalue weighted by Crippen LogP contribution is -2.46. The van der Waals surface area contributed by atoms with Gasteiger partial charge < -0.3 is 14.5 Å². The molecule has 1 aliphatic heterocycles.